The third kappa shape index (κ3) is 5.85. The molecule has 4 rings (SSSR count). The second-order valence-corrected chi connectivity index (χ2v) is 14.6. The highest BCUT2D eigenvalue weighted by atomic mass is 79.9. The quantitative estimate of drug-likeness (QED) is 0.218. The van der Waals surface area contributed by atoms with E-state index in [-0.39, 0.29) is 40.4 Å². The molecule has 3 amide bonds. The molecule has 230 valence electrons. The van der Waals surface area contributed by atoms with Crippen molar-refractivity contribution in [3.63, 3.8) is 0 Å². The van der Waals surface area contributed by atoms with E-state index in [1.54, 1.807) is 33.7 Å². The van der Waals surface area contributed by atoms with Crippen molar-refractivity contribution < 1.29 is 19.5 Å². The summed E-state index contributed by atoms with van der Waals surface area (Å²) < 4.78 is -0.769. The number of benzene rings is 1. The second-order valence-electron chi connectivity index (χ2n) is 11.9. The minimum absolute atomic E-state index is 0.00872. The molecule has 4 unspecified atom stereocenters. The third-order valence-corrected chi connectivity index (χ3v) is 12.4. The largest absolute Gasteiger partial charge is 0.394 e. The molecule has 2 bridgehead atoms. The molecule has 1 aromatic carbocycles. The van der Waals surface area contributed by atoms with Crippen molar-refractivity contribution in [2.45, 2.75) is 85.8 Å². The van der Waals surface area contributed by atoms with Crippen LogP contribution in [-0.4, -0.2) is 96.7 Å². The van der Waals surface area contributed by atoms with Crippen molar-refractivity contribution in [3.8, 4) is 0 Å². The summed E-state index contributed by atoms with van der Waals surface area (Å²) in [4.78, 5) is 49.0. The Kier molecular flexibility index (Phi) is 11.0. The summed E-state index contributed by atoms with van der Waals surface area (Å²) in [6.07, 6.45) is 7.05. The molecule has 1 spiro atoms. The first kappa shape index (κ1) is 32.8. The highest BCUT2D eigenvalue weighted by molar-refractivity contribution is 9.09. The second kappa shape index (κ2) is 14.1. The van der Waals surface area contributed by atoms with Crippen LogP contribution in [0.4, 0.5) is 0 Å². The fourth-order valence-electron chi connectivity index (χ4n) is 7.44. The van der Waals surface area contributed by atoms with Crippen LogP contribution in [0, 0.1) is 11.8 Å². The Bertz CT molecular complexity index is 1150. The fourth-order valence-corrected chi connectivity index (χ4v) is 11.0. The molecule has 1 N–H and O–H groups in total. The zero-order valence-electron chi connectivity index (χ0n) is 25.2. The van der Waals surface area contributed by atoms with Gasteiger partial charge in [0.1, 0.15) is 6.04 Å². The molecule has 3 saturated heterocycles. The topological polar surface area (TPSA) is 81.2 Å². The lowest BCUT2D eigenvalue weighted by molar-refractivity contribution is -0.147. The zero-order valence-corrected chi connectivity index (χ0v) is 27.6. The van der Waals surface area contributed by atoms with E-state index in [1.165, 1.54) is 0 Å². The highest BCUT2D eigenvalue weighted by Crippen LogP contribution is 2.68. The first-order valence-corrected chi connectivity index (χ1v) is 17.1. The normalized spacial score (nSPS) is 29.2. The number of thioether (sulfide) groups is 1. The Hall–Kier alpha value is -2.10. The van der Waals surface area contributed by atoms with Crippen molar-refractivity contribution in [3.05, 3.63) is 61.2 Å². The molecule has 0 radical (unpaired) electrons. The number of nitrogens with zero attached hydrogens (tertiary/aromatic N) is 3. The number of carbonyl (C=O) groups excluding carboxylic acids is 3. The fraction of sp³-hybridized carbons (Fsp3) is 0.606. The summed E-state index contributed by atoms with van der Waals surface area (Å²) in [5, 5.41) is 10.6. The minimum atomic E-state index is -0.790. The lowest BCUT2D eigenvalue weighted by Crippen LogP contribution is -2.59. The summed E-state index contributed by atoms with van der Waals surface area (Å²) in [5.74, 6) is -1.53. The Balaban J connectivity index is 1.83. The third-order valence-electron chi connectivity index (χ3n) is 9.17. The van der Waals surface area contributed by atoms with Gasteiger partial charge < -0.3 is 19.8 Å². The average molecular weight is 661 g/mol. The van der Waals surface area contributed by atoms with Gasteiger partial charge in [0.15, 0.2) is 0 Å². The summed E-state index contributed by atoms with van der Waals surface area (Å²) in [7, 11) is 0. The molecule has 0 saturated carbocycles. The highest BCUT2D eigenvalue weighted by Gasteiger charge is 2.76. The van der Waals surface area contributed by atoms with Crippen LogP contribution in [0.3, 0.4) is 0 Å². The van der Waals surface area contributed by atoms with Crippen LogP contribution in [0.15, 0.2) is 55.6 Å². The number of hydrogen-bond donors (Lipinski definition) is 1. The maximum atomic E-state index is 14.8. The monoisotopic (exact) mass is 659 g/mol. The van der Waals surface area contributed by atoms with Gasteiger partial charge in [-0.15, -0.1) is 24.9 Å². The number of carbonyl (C=O) groups is 3. The number of aliphatic hydroxyl groups excluding tert-OH is 1. The maximum absolute atomic E-state index is 14.8. The molecule has 9 heteroatoms. The number of fused-ring (bicyclic) bond motifs is 1. The van der Waals surface area contributed by atoms with Gasteiger partial charge in [-0.3, -0.25) is 14.4 Å². The van der Waals surface area contributed by atoms with E-state index in [4.69, 9.17) is 0 Å². The summed E-state index contributed by atoms with van der Waals surface area (Å²) in [6.45, 7) is 15.1. The Morgan fingerprint density at radius 2 is 1.86 bits per heavy atom. The molecule has 3 aliphatic rings. The van der Waals surface area contributed by atoms with E-state index in [9.17, 15) is 19.5 Å². The predicted octanol–water partition coefficient (Wildman–Crippen LogP) is 4.68. The van der Waals surface area contributed by atoms with E-state index in [2.05, 4.69) is 36.0 Å². The van der Waals surface area contributed by atoms with E-state index >= 15 is 0 Å². The first-order chi connectivity index (χ1) is 20.2. The molecule has 3 fully saturated rings. The van der Waals surface area contributed by atoms with Gasteiger partial charge in [-0.2, -0.15) is 0 Å². The molecule has 42 heavy (non-hydrogen) atoms. The first-order valence-electron chi connectivity index (χ1n) is 15.3. The van der Waals surface area contributed by atoms with Gasteiger partial charge in [0.05, 0.1) is 29.2 Å². The molecular formula is C33H46BrN3O4S. The Labute approximate surface area is 263 Å². The van der Waals surface area contributed by atoms with Gasteiger partial charge in [0, 0.05) is 35.8 Å². The van der Waals surface area contributed by atoms with Crippen LogP contribution in [0.1, 0.15) is 52.0 Å². The Morgan fingerprint density at radius 3 is 2.45 bits per heavy atom. The lowest BCUT2D eigenvalue weighted by Gasteiger charge is -2.41. The molecule has 7 nitrogen and oxygen atoms in total. The van der Waals surface area contributed by atoms with E-state index in [1.807, 2.05) is 49.1 Å². The van der Waals surface area contributed by atoms with Gasteiger partial charge in [-0.1, -0.05) is 78.7 Å². The standard InChI is InChI=1S/C33H46BrN3O4S/c1-6-13-22(5)36(18-9-4)32(41)29-33-20-25(34)28(42-33)26(30(39)35(16-7-2)17-8-3)27(33)31(40)37(29)24(21-38)19-23-14-11-10-12-15-23/h7,9-12,14-15,22,24-29,38H,2,4,6,8,13,16-21H2,1,3,5H3/t22?,24-,25?,26-,27+,28-,29?,33?/m1/s1. The number of amides is 3. The van der Waals surface area contributed by atoms with Crippen molar-refractivity contribution in [1.82, 2.24) is 14.7 Å². The van der Waals surface area contributed by atoms with Crippen molar-refractivity contribution in [2.24, 2.45) is 11.8 Å². The summed E-state index contributed by atoms with van der Waals surface area (Å²) in [5.41, 5.74) is 0.982. The van der Waals surface area contributed by atoms with Crippen molar-refractivity contribution >= 4 is 45.4 Å². The van der Waals surface area contributed by atoms with Gasteiger partial charge in [0.25, 0.3) is 0 Å². The van der Waals surface area contributed by atoms with Crippen LogP contribution in [0.2, 0.25) is 0 Å². The number of aliphatic hydroxyl groups is 1. The number of halogens is 1. The SMILES string of the molecule is C=CCN(CCC)C(=O)[C@H]1[C@@H]2SC3(CC2Br)C(C(=O)N(CC=C)C(C)CCC)N([C@@H](CO)Cc2ccccc2)C(=O)[C@H]13. The molecule has 1 aromatic rings. The number of alkyl halides is 1. The minimum Gasteiger partial charge on any atom is -0.394 e. The molecular weight excluding hydrogens is 614 g/mol. The molecule has 3 heterocycles. The maximum Gasteiger partial charge on any atom is 0.247 e. The van der Waals surface area contributed by atoms with Crippen molar-refractivity contribution in [1.29, 1.82) is 0 Å². The van der Waals surface area contributed by atoms with Crippen molar-refractivity contribution in [2.75, 3.05) is 26.2 Å². The smallest absolute Gasteiger partial charge is 0.247 e. The number of likely N-dealkylation sites (tertiary alicyclic amines) is 1. The van der Waals surface area contributed by atoms with Crippen LogP contribution in [-0.2, 0) is 20.8 Å². The lowest BCUT2D eigenvalue weighted by atomic mass is 9.70. The molecule has 0 aliphatic carbocycles. The van der Waals surface area contributed by atoms with E-state index in [0.717, 1.165) is 24.8 Å². The average Bonchev–Trinajstić information content (AvgIpc) is 3.57. The van der Waals surface area contributed by atoms with Gasteiger partial charge >= 0.3 is 0 Å². The predicted molar refractivity (Wildman–Crippen MR) is 173 cm³/mol. The summed E-state index contributed by atoms with van der Waals surface area (Å²) in [6, 6.07) is 8.34. The van der Waals surface area contributed by atoms with Gasteiger partial charge in [-0.05, 0) is 38.2 Å². The van der Waals surface area contributed by atoms with E-state index < -0.39 is 28.7 Å². The van der Waals surface area contributed by atoms with Crippen LogP contribution < -0.4 is 0 Å². The Morgan fingerprint density at radius 1 is 1.17 bits per heavy atom. The number of rotatable bonds is 15. The molecule has 0 aromatic heterocycles. The van der Waals surface area contributed by atoms with Crippen LogP contribution in [0.25, 0.3) is 0 Å². The van der Waals surface area contributed by atoms with Crippen LogP contribution >= 0.6 is 27.7 Å². The van der Waals surface area contributed by atoms with Gasteiger partial charge in [0.2, 0.25) is 17.7 Å². The molecule has 3 aliphatic heterocycles. The molecule has 8 atom stereocenters. The van der Waals surface area contributed by atoms with Gasteiger partial charge in [-0.25, -0.2) is 0 Å². The van der Waals surface area contributed by atoms with E-state index in [0.29, 0.717) is 32.5 Å². The zero-order chi connectivity index (χ0) is 30.6. The van der Waals surface area contributed by atoms with Crippen LogP contribution in [0.5, 0.6) is 0 Å². The summed E-state index contributed by atoms with van der Waals surface area (Å²) >= 11 is 5.53. The number of hydrogen-bond acceptors (Lipinski definition) is 5.